The zero-order chi connectivity index (χ0) is 14.2. The van der Waals surface area contributed by atoms with Crippen LogP contribution in [0, 0.1) is 11.8 Å². The Balaban J connectivity index is 2.15. The zero-order valence-corrected chi connectivity index (χ0v) is 11.7. The molecule has 0 aromatic heterocycles. The third kappa shape index (κ3) is 2.51. The highest BCUT2D eigenvalue weighted by Crippen LogP contribution is 2.26. The van der Waals surface area contributed by atoms with Crippen molar-refractivity contribution in [1.29, 1.82) is 0 Å². The van der Waals surface area contributed by atoms with Crippen molar-refractivity contribution in [3.63, 3.8) is 0 Å². The standard InChI is InChI=1S/C14H16N2O2S/c1-8-9(2)14(18)16(13(8)17)7-10-3-5-11(6-4-10)12(15)19/h3-6,8-9H,7H2,1-2H3,(H2,15,19). The van der Waals surface area contributed by atoms with Crippen molar-refractivity contribution in [2.75, 3.05) is 0 Å². The molecule has 19 heavy (non-hydrogen) atoms. The molecule has 5 heteroatoms. The van der Waals surface area contributed by atoms with Gasteiger partial charge in [-0.3, -0.25) is 14.5 Å². The van der Waals surface area contributed by atoms with Crippen LogP contribution in [0.4, 0.5) is 0 Å². The molecule has 2 amide bonds. The summed E-state index contributed by atoms with van der Waals surface area (Å²) < 4.78 is 0. The maximum Gasteiger partial charge on any atom is 0.233 e. The van der Waals surface area contributed by atoms with Gasteiger partial charge in [0.1, 0.15) is 4.99 Å². The third-order valence-electron chi connectivity index (χ3n) is 3.64. The van der Waals surface area contributed by atoms with E-state index >= 15 is 0 Å². The monoisotopic (exact) mass is 276 g/mol. The first-order valence-corrected chi connectivity index (χ1v) is 6.56. The molecule has 0 spiro atoms. The van der Waals surface area contributed by atoms with Crippen LogP contribution in [-0.2, 0) is 16.1 Å². The number of amides is 2. The normalized spacial score (nSPS) is 22.9. The predicted molar refractivity (Wildman–Crippen MR) is 76.2 cm³/mol. The van der Waals surface area contributed by atoms with E-state index in [-0.39, 0.29) is 23.7 Å². The first-order valence-electron chi connectivity index (χ1n) is 6.15. The quantitative estimate of drug-likeness (QED) is 0.670. The van der Waals surface area contributed by atoms with Gasteiger partial charge in [-0.05, 0) is 5.56 Å². The van der Waals surface area contributed by atoms with E-state index in [1.807, 2.05) is 12.1 Å². The summed E-state index contributed by atoms with van der Waals surface area (Å²) in [4.78, 5) is 25.6. The number of nitrogens with two attached hydrogens (primary N) is 1. The van der Waals surface area contributed by atoms with Gasteiger partial charge in [0.15, 0.2) is 0 Å². The number of likely N-dealkylation sites (tertiary alicyclic amines) is 1. The highest BCUT2D eigenvalue weighted by atomic mass is 32.1. The Morgan fingerprint density at radius 1 is 1.16 bits per heavy atom. The van der Waals surface area contributed by atoms with Crippen molar-refractivity contribution in [2.24, 2.45) is 17.6 Å². The molecule has 4 nitrogen and oxygen atoms in total. The molecule has 100 valence electrons. The van der Waals surface area contributed by atoms with Crippen molar-refractivity contribution in [1.82, 2.24) is 4.90 Å². The van der Waals surface area contributed by atoms with E-state index in [1.165, 1.54) is 4.90 Å². The third-order valence-corrected chi connectivity index (χ3v) is 3.88. The van der Waals surface area contributed by atoms with Crippen LogP contribution >= 0.6 is 12.2 Å². The molecule has 2 atom stereocenters. The van der Waals surface area contributed by atoms with E-state index in [0.29, 0.717) is 11.5 Å². The van der Waals surface area contributed by atoms with Gasteiger partial charge in [0, 0.05) is 17.4 Å². The van der Waals surface area contributed by atoms with E-state index in [1.54, 1.807) is 26.0 Å². The topological polar surface area (TPSA) is 63.4 Å². The van der Waals surface area contributed by atoms with Gasteiger partial charge in [0.25, 0.3) is 0 Å². The van der Waals surface area contributed by atoms with Crippen molar-refractivity contribution in [3.05, 3.63) is 35.4 Å². The number of nitrogens with zero attached hydrogens (tertiary/aromatic N) is 1. The summed E-state index contributed by atoms with van der Waals surface area (Å²) in [5.41, 5.74) is 7.19. The first-order chi connectivity index (χ1) is 8.91. The van der Waals surface area contributed by atoms with Crippen LogP contribution in [0.5, 0.6) is 0 Å². The molecule has 2 N–H and O–H groups in total. The number of carbonyl (C=O) groups is 2. The molecule has 0 aliphatic carbocycles. The second-order valence-corrected chi connectivity index (χ2v) is 5.34. The van der Waals surface area contributed by atoms with Gasteiger partial charge in [-0.15, -0.1) is 0 Å². The Kier molecular flexibility index (Phi) is 3.66. The highest BCUT2D eigenvalue weighted by Gasteiger charge is 2.41. The maximum atomic E-state index is 12.0. The van der Waals surface area contributed by atoms with E-state index in [2.05, 4.69) is 0 Å². The largest absolute Gasteiger partial charge is 0.389 e. The van der Waals surface area contributed by atoms with Gasteiger partial charge in [-0.2, -0.15) is 0 Å². The lowest BCUT2D eigenvalue weighted by Gasteiger charge is -2.14. The summed E-state index contributed by atoms with van der Waals surface area (Å²) in [5.74, 6) is -0.668. The fourth-order valence-electron chi connectivity index (χ4n) is 2.14. The number of hydrogen-bond acceptors (Lipinski definition) is 3. The summed E-state index contributed by atoms with van der Waals surface area (Å²) in [6.45, 7) is 3.89. The minimum Gasteiger partial charge on any atom is -0.389 e. The number of rotatable bonds is 3. The lowest BCUT2D eigenvalue weighted by atomic mass is 10.00. The van der Waals surface area contributed by atoms with E-state index in [9.17, 15) is 9.59 Å². The molecule has 1 aliphatic heterocycles. The van der Waals surface area contributed by atoms with Gasteiger partial charge in [-0.25, -0.2) is 0 Å². The molecule has 0 saturated carbocycles. The van der Waals surface area contributed by atoms with Crippen molar-refractivity contribution in [3.8, 4) is 0 Å². The number of thiocarbonyl (C=S) groups is 1. The fourth-order valence-corrected chi connectivity index (χ4v) is 2.28. The lowest BCUT2D eigenvalue weighted by Crippen LogP contribution is -2.30. The number of carbonyl (C=O) groups excluding carboxylic acids is 2. The van der Waals surface area contributed by atoms with Gasteiger partial charge in [0.05, 0.1) is 6.54 Å². The molecule has 0 radical (unpaired) electrons. The van der Waals surface area contributed by atoms with Crippen LogP contribution in [0.1, 0.15) is 25.0 Å². The van der Waals surface area contributed by atoms with Crippen LogP contribution in [0.15, 0.2) is 24.3 Å². The SMILES string of the molecule is CC1C(=O)N(Cc2ccc(C(N)=S)cc2)C(=O)C1C. The fraction of sp³-hybridized carbons (Fsp3) is 0.357. The minimum absolute atomic E-state index is 0.101. The molecular weight excluding hydrogens is 260 g/mol. The second kappa shape index (κ2) is 5.09. The Labute approximate surface area is 117 Å². The van der Waals surface area contributed by atoms with Crippen LogP contribution in [0.2, 0.25) is 0 Å². The average Bonchev–Trinajstić information content (AvgIpc) is 2.57. The lowest BCUT2D eigenvalue weighted by molar-refractivity contribution is -0.140. The number of hydrogen-bond donors (Lipinski definition) is 1. The summed E-state index contributed by atoms with van der Waals surface area (Å²) in [5, 5.41) is 0. The Morgan fingerprint density at radius 2 is 1.63 bits per heavy atom. The summed E-state index contributed by atoms with van der Waals surface area (Å²) in [6.07, 6.45) is 0. The molecule has 2 rings (SSSR count). The molecule has 2 unspecified atom stereocenters. The van der Waals surface area contributed by atoms with Crippen molar-refractivity contribution >= 4 is 29.0 Å². The Bertz CT molecular complexity index is 519. The summed E-state index contributed by atoms with van der Waals surface area (Å²) in [6, 6.07) is 7.27. The van der Waals surface area contributed by atoms with Crippen LogP contribution in [0.25, 0.3) is 0 Å². The van der Waals surface area contributed by atoms with Crippen LogP contribution in [0.3, 0.4) is 0 Å². The van der Waals surface area contributed by atoms with Crippen LogP contribution in [-0.4, -0.2) is 21.7 Å². The molecule has 0 bridgehead atoms. The van der Waals surface area contributed by atoms with Crippen LogP contribution < -0.4 is 5.73 Å². The summed E-state index contributed by atoms with van der Waals surface area (Å²) in [7, 11) is 0. The predicted octanol–water partition coefficient (Wildman–Crippen LogP) is 1.46. The molecule has 1 saturated heterocycles. The number of benzene rings is 1. The number of imide groups is 1. The molecule has 1 heterocycles. The Hall–Kier alpha value is -1.75. The van der Waals surface area contributed by atoms with Gasteiger partial charge >= 0.3 is 0 Å². The second-order valence-electron chi connectivity index (χ2n) is 4.90. The maximum absolute atomic E-state index is 12.0. The molecule has 1 fully saturated rings. The molecule has 1 aromatic carbocycles. The minimum atomic E-state index is -0.233. The van der Waals surface area contributed by atoms with E-state index in [4.69, 9.17) is 18.0 Å². The highest BCUT2D eigenvalue weighted by molar-refractivity contribution is 7.80. The van der Waals surface area contributed by atoms with Crippen molar-refractivity contribution in [2.45, 2.75) is 20.4 Å². The van der Waals surface area contributed by atoms with E-state index < -0.39 is 0 Å². The molecule has 1 aromatic rings. The Morgan fingerprint density at radius 3 is 2.05 bits per heavy atom. The first kappa shape index (κ1) is 13.7. The zero-order valence-electron chi connectivity index (χ0n) is 10.9. The average molecular weight is 276 g/mol. The van der Waals surface area contributed by atoms with Gasteiger partial charge < -0.3 is 5.73 Å². The summed E-state index contributed by atoms with van der Waals surface area (Å²) >= 11 is 4.88. The van der Waals surface area contributed by atoms with Crippen molar-refractivity contribution < 1.29 is 9.59 Å². The van der Waals surface area contributed by atoms with E-state index in [0.717, 1.165) is 11.1 Å². The van der Waals surface area contributed by atoms with Gasteiger partial charge in [0.2, 0.25) is 11.8 Å². The smallest absolute Gasteiger partial charge is 0.233 e. The van der Waals surface area contributed by atoms with Gasteiger partial charge in [-0.1, -0.05) is 50.3 Å². The molecular formula is C14H16N2O2S. The molecule has 1 aliphatic rings.